The average molecular weight is 529 g/mol. The van der Waals surface area contributed by atoms with E-state index < -0.39 is 36.5 Å². The predicted molar refractivity (Wildman–Crippen MR) is 121 cm³/mol. The highest BCUT2D eigenvalue weighted by atomic mass is 32.2. The number of fused-ring (bicyclic) bond motifs is 1. The zero-order valence-electron chi connectivity index (χ0n) is 17.2. The van der Waals surface area contributed by atoms with Crippen molar-refractivity contribution in [2.75, 3.05) is 6.26 Å². The molecule has 1 aromatic heterocycles. The SMILES string of the molecule is CS(=O)(=O)c1ccc2nc(Oc3ccc(-c4cc(C(F)(F)F)ccc4S(N)(=O)=O)cc3)sc2c1. The summed E-state index contributed by atoms with van der Waals surface area (Å²) in [5, 5.41) is 5.40. The van der Waals surface area contributed by atoms with Crippen molar-refractivity contribution in [3.63, 3.8) is 0 Å². The van der Waals surface area contributed by atoms with Crippen LogP contribution in [-0.4, -0.2) is 28.1 Å². The first-order chi connectivity index (χ1) is 15.7. The molecule has 0 spiro atoms. The third kappa shape index (κ3) is 5.06. The highest BCUT2D eigenvalue weighted by Gasteiger charge is 2.32. The number of nitrogens with two attached hydrogens (primary N) is 1. The van der Waals surface area contributed by atoms with Crippen LogP contribution >= 0.6 is 11.3 Å². The summed E-state index contributed by atoms with van der Waals surface area (Å²) in [6.45, 7) is 0. The molecule has 13 heteroatoms. The molecule has 1 heterocycles. The van der Waals surface area contributed by atoms with Crippen LogP contribution < -0.4 is 9.88 Å². The van der Waals surface area contributed by atoms with Crippen LogP contribution in [0.15, 0.2) is 70.5 Å². The maximum Gasteiger partial charge on any atom is 0.416 e. The zero-order chi connectivity index (χ0) is 24.9. The summed E-state index contributed by atoms with van der Waals surface area (Å²) < 4.78 is 93.0. The Morgan fingerprint density at radius 1 is 0.941 bits per heavy atom. The molecule has 0 unspecified atom stereocenters. The number of thiazole rings is 1. The zero-order valence-corrected chi connectivity index (χ0v) is 19.6. The summed E-state index contributed by atoms with van der Waals surface area (Å²) in [6, 6.07) is 12.4. The number of sulfone groups is 1. The number of alkyl halides is 3. The lowest BCUT2D eigenvalue weighted by molar-refractivity contribution is -0.137. The fraction of sp³-hybridized carbons (Fsp3) is 0.0952. The molecule has 4 rings (SSSR count). The van der Waals surface area contributed by atoms with E-state index in [0.29, 0.717) is 16.3 Å². The number of ether oxygens (including phenoxy) is 1. The summed E-state index contributed by atoms with van der Waals surface area (Å²) in [7, 11) is -7.67. The van der Waals surface area contributed by atoms with E-state index in [-0.39, 0.29) is 27.0 Å². The number of halogens is 3. The minimum Gasteiger partial charge on any atom is -0.431 e. The van der Waals surface area contributed by atoms with E-state index >= 15 is 0 Å². The largest absolute Gasteiger partial charge is 0.431 e. The van der Waals surface area contributed by atoms with Crippen molar-refractivity contribution in [2.45, 2.75) is 16.0 Å². The van der Waals surface area contributed by atoms with Gasteiger partial charge in [0.05, 0.1) is 25.6 Å². The van der Waals surface area contributed by atoms with Crippen LogP contribution in [0.3, 0.4) is 0 Å². The number of primary sulfonamides is 1. The molecule has 0 aliphatic heterocycles. The molecule has 0 saturated heterocycles. The summed E-state index contributed by atoms with van der Waals surface area (Å²) >= 11 is 1.11. The Bertz CT molecular complexity index is 1610. The normalized spacial score (nSPS) is 12.7. The minimum absolute atomic E-state index is 0.145. The van der Waals surface area contributed by atoms with Crippen molar-refractivity contribution in [3.8, 4) is 22.1 Å². The van der Waals surface area contributed by atoms with Gasteiger partial charge in [-0.15, -0.1) is 0 Å². The molecule has 4 aromatic rings. The van der Waals surface area contributed by atoms with Gasteiger partial charge in [-0.1, -0.05) is 23.5 Å². The highest BCUT2D eigenvalue weighted by molar-refractivity contribution is 7.90. The Labute approximate surface area is 196 Å². The van der Waals surface area contributed by atoms with E-state index in [1.54, 1.807) is 6.07 Å². The maximum absolute atomic E-state index is 13.2. The Balaban J connectivity index is 1.67. The Morgan fingerprint density at radius 2 is 1.62 bits per heavy atom. The summed E-state index contributed by atoms with van der Waals surface area (Å²) in [6.07, 6.45) is -3.57. The predicted octanol–water partition coefficient (Wildman–Crippen LogP) is 4.83. The fourth-order valence-corrected chi connectivity index (χ4v) is 5.48. The molecule has 3 aromatic carbocycles. The van der Waals surface area contributed by atoms with Crippen LogP contribution in [0.5, 0.6) is 10.9 Å². The van der Waals surface area contributed by atoms with E-state index in [1.807, 2.05) is 0 Å². The number of rotatable bonds is 5. The van der Waals surface area contributed by atoms with Gasteiger partial charge in [0.25, 0.3) is 5.19 Å². The van der Waals surface area contributed by atoms with Crippen LogP contribution in [0, 0.1) is 0 Å². The number of hydrogen-bond acceptors (Lipinski definition) is 7. The van der Waals surface area contributed by atoms with E-state index in [9.17, 15) is 30.0 Å². The number of nitrogens with zero attached hydrogens (tertiary/aromatic N) is 1. The van der Waals surface area contributed by atoms with Crippen LogP contribution in [0.2, 0.25) is 0 Å². The molecule has 0 fully saturated rings. The van der Waals surface area contributed by atoms with Crippen molar-refractivity contribution in [1.82, 2.24) is 4.98 Å². The maximum atomic E-state index is 13.2. The van der Waals surface area contributed by atoms with Gasteiger partial charge in [0, 0.05) is 11.8 Å². The van der Waals surface area contributed by atoms with E-state index in [0.717, 1.165) is 29.7 Å². The van der Waals surface area contributed by atoms with E-state index in [1.165, 1.54) is 36.4 Å². The molecular weight excluding hydrogens is 513 g/mol. The second-order valence-electron chi connectivity index (χ2n) is 7.26. The first-order valence-electron chi connectivity index (χ1n) is 9.35. The fourth-order valence-electron chi connectivity index (χ4n) is 3.14. The van der Waals surface area contributed by atoms with Gasteiger partial charge in [-0.3, -0.25) is 0 Å². The third-order valence-corrected chi connectivity index (χ3v) is 7.73. The number of sulfonamides is 1. The van der Waals surface area contributed by atoms with Crippen LogP contribution in [0.25, 0.3) is 21.3 Å². The minimum atomic E-state index is -4.67. The lowest BCUT2D eigenvalue weighted by Gasteiger charge is -2.13. The van der Waals surface area contributed by atoms with Gasteiger partial charge in [-0.05, 0) is 54.1 Å². The summed E-state index contributed by atoms with van der Waals surface area (Å²) in [5.41, 5.74) is -0.495. The van der Waals surface area contributed by atoms with Gasteiger partial charge >= 0.3 is 6.18 Å². The van der Waals surface area contributed by atoms with Crippen molar-refractivity contribution < 1.29 is 34.7 Å². The van der Waals surface area contributed by atoms with Crippen molar-refractivity contribution in [3.05, 3.63) is 66.2 Å². The van der Waals surface area contributed by atoms with Gasteiger partial charge in [-0.25, -0.2) is 27.0 Å². The molecule has 0 aliphatic carbocycles. The average Bonchev–Trinajstić information content (AvgIpc) is 3.13. The second kappa shape index (κ2) is 8.34. The number of benzene rings is 3. The quantitative estimate of drug-likeness (QED) is 0.397. The van der Waals surface area contributed by atoms with E-state index in [4.69, 9.17) is 9.88 Å². The van der Waals surface area contributed by atoms with E-state index in [2.05, 4.69) is 4.98 Å². The van der Waals surface area contributed by atoms with Gasteiger partial charge in [-0.2, -0.15) is 13.2 Å². The Morgan fingerprint density at radius 3 is 2.21 bits per heavy atom. The number of hydrogen-bond donors (Lipinski definition) is 1. The smallest absolute Gasteiger partial charge is 0.416 e. The van der Waals surface area contributed by atoms with Gasteiger partial charge in [0.1, 0.15) is 5.75 Å². The Hall–Kier alpha value is -3.00. The summed E-state index contributed by atoms with van der Waals surface area (Å²) in [4.78, 5) is 3.98. The first-order valence-corrected chi connectivity index (χ1v) is 13.6. The summed E-state index contributed by atoms with van der Waals surface area (Å²) in [5.74, 6) is 0.287. The monoisotopic (exact) mass is 528 g/mol. The van der Waals surface area contributed by atoms with Gasteiger partial charge in [0.2, 0.25) is 10.0 Å². The molecule has 0 radical (unpaired) electrons. The molecule has 178 valence electrons. The topological polar surface area (TPSA) is 116 Å². The van der Waals surface area contributed by atoms with Gasteiger partial charge < -0.3 is 4.74 Å². The lowest BCUT2D eigenvalue weighted by Crippen LogP contribution is -2.14. The highest BCUT2D eigenvalue weighted by Crippen LogP contribution is 2.37. The van der Waals surface area contributed by atoms with Crippen LogP contribution in [-0.2, 0) is 26.0 Å². The van der Waals surface area contributed by atoms with Crippen LogP contribution in [0.4, 0.5) is 13.2 Å². The molecule has 0 amide bonds. The molecule has 0 bridgehead atoms. The molecule has 7 nitrogen and oxygen atoms in total. The van der Waals surface area contributed by atoms with Gasteiger partial charge in [0.15, 0.2) is 9.84 Å². The van der Waals surface area contributed by atoms with Crippen molar-refractivity contribution >= 4 is 41.4 Å². The molecule has 0 saturated carbocycles. The third-order valence-electron chi connectivity index (χ3n) is 4.75. The molecule has 0 atom stereocenters. The Kier molecular flexibility index (Phi) is 5.92. The van der Waals surface area contributed by atoms with Crippen molar-refractivity contribution in [2.24, 2.45) is 5.14 Å². The molecular formula is C21H15F3N2O5S3. The first kappa shape index (κ1) is 24.1. The van der Waals surface area contributed by atoms with Crippen LogP contribution in [0.1, 0.15) is 5.56 Å². The lowest BCUT2D eigenvalue weighted by atomic mass is 10.0. The molecule has 34 heavy (non-hydrogen) atoms. The molecule has 0 aliphatic rings. The standard InChI is InChI=1S/C21H15F3N2O5S3/c1-33(27,28)15-7-8-17-18(11-15)32-20(26-17)31-14-5-2-12(3-6-14)16-10-13(21(22,23)24)4-9-19(16)34(25,29)30/h2-11H,1H3,(H2,25,29,30). The van der Waals surface area contributed by atoms with Crippen molar-refractivity contribution in [1.29, 1.82) is 0 Å². The number of aromatic nitrogens is 1. The molecule has 2 N–H and O–H groups in total. The second-order valence-corrected chi connectivity index (χ2v) is 11.8.